The van der Waals surface area contributed by atoms with Crippen LogP contribution in [0.4, 0.5) is 0 Å². The predicted octanol–water partition coefficient (Wildman–Crippen LogP) is 6.14. The Labute approximate surface area is 218 Å². The van der Waals surface area contributed by atoms with E-state index in [-0.39, 0.29) is 6.04 Å². The van der Waals surface area contributed by atoms with Crippen molar-refractivity contribution >= 4 is 21.4 Å². The van der Waals surface area contributed by atoms with E-state index in [2.05, 4.69) is 101 Å². The van der Waals surface area contributed by atoms with E-state index in [0.717, 1.165) is 38.2 Å². The molecule has 0 bridgehead atoms. The zero-order chi connectivity index (χ0) is 24.7. The average Bonchev–Trinajstić information content (AvgIpc) is 3.60. The van der Waals surface area contributed by atoms with Crippen molar-refractivity contribution in [3.8, 4) is 0 Å². The lowest BCUT2D eigenvalue weighted by molar-refractivity contribution is 0.0223. The molecule has 1 fully saturated rings. The molecular formula is C31H36N2O2S. The molecule has 5 heteroatoms. The highest BCUT2D eigenvalue weighted by Crippen LogP contribution is 2.32. The number of hydrogen-bond donors (Lipinski definition) is 1. The van der Waals surface area contributed by atoms with E-state index in [1.54, 1.807) is 11.3 Å². The van der Waals surface area contributed by atoms with Gasteiger partial charge in [-0.05, 0) is 58.6 Å². The minimum atomic E-state index is -0.594. The summed E-state index contributed by atoms with van der Waals surface area (Å²) >= 11 is 1.72. The van der Waals surface area contributed by atoms with E-state index in [0.29, 0.717) is 19.3 Å². The van der Waals surface area contributed by atoms with Gasteiger partial charge in [-0.1, -0.05) is 73.7 Å². The minimum absolute atomic E-state index is 0.281. The maximum Gasteiger partial charge on any atom is 0.102 e. The molecule has 2 atom stereocenters. The van der Waals surface area contributed by atoms with E-state index < -0.39 is 6.10 Å². The summed E-state index contributed by atoms with van der Waals surface area (Å²) in [6.07, 6.45) is 0.566. The first kappa shape index (κ1) is 25.1. The summed E-state index contributed by atoms with van der Waals surface area (Å²) in [5.41, 5.74) is 3.63. The van der Waals surface area contributed by atoms with Gasteiger partial charge in [0.05, 0.1) is 19.3 Å². The molecule has 2 unspecified atom stereocenters. The Morgan fingerprint density at radius 2 is 1.69 bits per heavy atom. The van der Waals surface area contributed by atoms with Crippen LogP contribution in [0.15, 0.2) is 90.3 Å². The van der Waals surface area contributed by atoms with Gasteiger partial charge in [-0.25, -0.2) is 0 Å². The van der Waals surface area contributed by atoms with Crippen molar-refractivity contribution in [3.63, 3.8) is 0 Å². The lowest BCUT2D eigenvalue weighted by Crippen LogP contribution is -2.40. The molecule has 0 saturated carbocycles. The van der Waals surface area contributed by atoms with Crippen LogP contribution in [-0.4, -0.2) is 60.3 Å². The van der Waals surface area contributed by atoms with Crippen LogP contribution >= 0.6 is 11.3 Å². The molecule has 5 rings (SSSR count). The van der Waals surface area contributed by atoms with Gasteiger partial charge in [0, 0.05) is 30.4 Å². The SMILES string of the molecule is CCN(CCOCC(O)c1ccc2sccc2c1)C1CCN(C(c2ccccc2)c2ccccc2)C1. The molecule has 1 N–H and O–H groups in total. The summed E-state index contributed by atoms with van der Waals surface area (Å²) in [7, 11) is 0. The molecule has 4 nitrogen and oxygen atoms in total. The molecular weight excluding hydrogens is 464 g/mol. The number of rotatable bonds is 11. The van der Waals surface area contributed by atoms with Crippen molar-refractivity contribution in [2.45, 2.75) is 31.5 Å². The van der Waals surface area contributed by atoms with Crippen LogP contribution in [0.1, 0.15) is 42.2 Å². The summed E-state index contributed by atoms with van der Waals surface area (Å²) in [6, 6.07) is 30.8. The second-order valence-electron chi connectivity index (χ2n) is 9.60. The highest BCUT2D eigenvalue weighted by Gasteiger charge is 2.32. The molecule has 1 aliphatic heterocycles. The van der Waals surface area contributed by atoms with Crippen LogP contribution in [0.25, 0.3) is 10.1 Å². The molecule has 1 aliphatic rings. The highest BCUT2D eigenvalue weighted by atomic mass is 32.1. The third-order valence-corrected chi connectivity index (χ3v) is 8.27. The predicted molar refractivity (Wildman–Crippen MR) is 150 cm³/mol. The topological polar surface area (TPSA) is 35.9 Å². The van der Waals surface area contributed by atoms with Crippen LogP contribution in [-0.2, 0) is 4.74 Å². The minimum Gasteiger partial charge on any atom is -0.386 e. The van der Waals surface area contributed by atoms with Crippen LogP contribution in [0.2, 0.25) is 0 Å². The van der Waals surface area contributed by atoms with Gasteiger partial charge in [-0.15, -0.1) is 11.3 Å². The Kier molecular flexibility index (Phi) is 8.47. The number of fused-ring (bicyclic) bond motifs is 1. The second kappa shape index (κ2) is 12.1. The number of likely N-dealkylation sites (tertiary alicyclic amines) is 1. The molecule has 3 aromatic carbocycles. The number of nitrogens with zero attached hydrogens (tertiary/aromatic N) is 2. The van der Waals surface area contributed by atoms with Crippen molar-refractivity contribution in [1.29, 1.82) is 0 Å². The fourth-order valence-electron chi connectivity index (χ4n) is 5.45. The van der Waals surface area contributed by atoms with Crippen LogP contribution in [0.3, 0.4) is 0 Å². The quantitative estimate of drug-likeness (QED) is 0.251. The van der Waals surface area contributed by atoms with Crippen LogP contribution in [0, 0.1) is 0 Å². The van der Waals surface area contributed by atoms with Gasteiger partial charge in [0.1, 0.15) is 6.10 Å². The number of ether oxygens (including phenoxy) is 1. The van der Waals surface area contributed by atoms with Gasteiger partial charge in [0.2, 0.25) is 0 Å². The van der Waals surface area contributed by atoms with E-state index in [4.69, 9.17) is 4.74 Å². The zero-order valence-corrected chi connectivity index (χ0v) is 21.8. The summed E-state index contributed by atoms with van der Waals surface area (Å²) in [4.78, 5) is 5.17. The Balaban J connectivity index is 1.15. The molecule has 1 aromatic heterocycles. The van der Waals surface area contributed by atoms with E-state index >= 15 is 0 Å². The third-order valence-electron chi connectivity index (χ3n) is 7.37. The third kappa shape index (κ3) is 5.88. The van der Waals surface area contributed by atoms with Crippen molar-refractivity contribution < 1.29 is 9.84 Å². The Bertz CT molecular complexity index is 1170. The Hall–Kier alpha value is -2.54. The van der Waals surface area contributed by atoms with Gasteiger partial charge in [-0.3, -0.25) is 9.80 Å². The molecule has 4 aromatic rings. The normalized spacial score (nSPS) is 17.4. The van der Waals surface area contributed by atoms with Crippen molar-refractivity contribution in [1.82, 2.24) is 9.80 Å². The standard InChI is InChI=1S/C31H36N2O2S/c1-2-32(18-19-35-23-29(34)26-13-14-30-27(21-26)16-20-36-30)28-15-17-33(22-28)31(24-9-5-3-6-10-24)25-11-7-4-8-12-25/h3-14,16,20-21,28-29,31,34H,2,15,17-19,22-23H2,1H3. The van der Waals surface area contributed by atoms with Crippen molar-refractivity contribution in [2.75, 3.05) is 39.4 Å². The first-order chi connectivity index (χ1) is 17.7. The molecule has 36 heavy (non-hydrogen) atoms. The number of aliphatic hydroxyl groups is 1. The molecule has 0 spiro atoms. The molecule has 2 heterocycles. The first-order valence-corrected chi connectivity index (χ1v) is 13.9. The average molecular weight is 501 g/mol. The zero-order valence-electron chi connectivity index (χ0n) is 21.0. The maximum atomic E-state index is 10.6. The number of likely N-dealkylation sites (N-methyl/N-ethyl adjacent to an activating group) is 1. The highest BCUT2D eigenvalue weighted by molar-refractivity contribution is 7.17. The molecule has 188 valence electrons. The van der Waals surface area contributed by atoms with Gasteiger partial charge < -0.3 is 9.84 Å². The molecule has 0 amide bonds. The Morgan fingerprint density at radius 3 is 2.39 bits per heavy atom. The first-order valence-electron chi connectivity index (χ1n) is 13.0. The number of hydrogen-bond acceptors (Lipinski definition) is 5. The van der Waals surface area contributed by atoms with E-state index in [9.17, 15) is 5.11 Å². The van der Waals surface area contributed by atoms with Gasteiger partial charge in [-0.2, -0.15) is 0 Å². The smallest absolute Gasteiger partial charge is 0.102 e. The summed E-state index contributed by atoms with van der Waals surface area (Å²) in [5, 5.41) is 13.9. The molecule has 0 aliphatic carbocycles. The maximum absolute atomic E-state index is 10.6. The van der Waals surface area contributed by atoms with Gasteiger partial charge in [0.25, 0.3) is 0 Å². The van der Waals surface area contributed by atoms with Crippen molar-refractivity contribution in [3.05, 3.63) is 107 Å². The fraction of sp³-hybridized carbons (Fsp3) is 0.355. The Morgan fingerprint density at radius 1 is 0.972 bits per heavy atom. The molecule has 1 saturated heterocycles. The fourth-order valence-corrected chi connectivity index (χ4v) is 6.22. The monoisotopic (exact) mass is 500 g/mol. The van der Waals surface area contributed by atoms with E-state index in [1.165, 1.54) is 21.2 Å². The van der Waals surface area contributed by atoms with E-state index in [1.807, 2.05) is 6.07 Å². The summed E-state index contributed by atoms with van der Waals surface area (Å²) in [5.74, 6) is 0. The largest absolute Gasteiger partial charge is 0.386 e. The summed E-state index contributed by atoms with van der Waals surface area (Å²) < 4.78 is 7.19. The number of benzene rings is 3. The van der Waals surface area contributed by atoms with Gasteiger partial charge in [0.15, 0.2) is 0 Å². The van der Waals surface area contributed by atoms with Gasteiger partial charge >= 0.3 is 0 Å². The number of aliphatic hydroxyl groups excluding tert-OH is 1. The lowest BCUT2D eigenvalue weighted by Gasteiger charge is -2.31. The lowest BCUT2D eigenvalue weighted by atomic mass is 9.97. The van der Waals surface area contributed by atoms with Crippen LogP contribution in [0.5, 0.6) is 0 Å². The summed E-state index contributed by atoms with van der Waals surface area (Å²) in [6.45, 7) is 7.20. The van der Waals surface area contributed by atoms with Crippen molar-refractivity contribution in [2.24, 2.45) is 0 Å². The molecule has 0 radical (unpaired) electrons. The van der Waals surface area contributed by atoms with Crippen LogP contribution < -0.4 is 0 Å². The second-order valence-corrected chi connectivity index (χ2v) is 10.5. The number of thiophene rings is 1.